The van der Waals surface area contributed by atoms with E-state index < -0.39 is 0 Å². The van der Waals surface area contributed by atoms with Crippen molar-refractivity contribution in [3.63, 3.8) is 0 Å². The number of rotatable bonds is 5. The van der Waals surface area contributed by atoms with Gasteiger partial charge in [0.1, 0.15) is 0 Å². The van der Waals surface area contributed by atoms with Crippen molar-refractivity contribution < 1.29 is 10.2 Å². The van der Waals surface area contributed by atoms with Crippen molar-refractivity contribution in [3.05, 3.63) is 12.2 Å². The van der Waals surface area contributed by atoms with E-state index >= 15 is 0 Å². The quantitative estimate of drug-likeness (QED) is 0.525. The van der Waals surface area contributed by atoms with Crippen molar-refractivity contribution in [1.29, 1.82) is 0 Å². The monoisotopic (exact) mass is 402 g/mol. The molecule has 0 aromatic rings. The molecule has 0 radical (unpaired) electrons. The van der Waals surface area contributed by atoms with Gasteiger partial charge in [0.15, 0.2) is 0 Å². The van der Waals surface area contributed by atoms with Gasteiger partial charge in [-0.15, -0.1) is 0 Å². The Kier molecular flexibility index (Phi) is 6.01. The molecule has 4 rings (SSSR count). The van der Waals surface area contributed by atoms with Crippen LogP contribution in [0.15, 0.2) is 12.2 Å². The predicted molar refractivity (Wildman–Crippen MR) is 120 cm³/mol. The molecule has 2 N–H and O–H groups in total. The van der Waals surface area contributed by atoms with Gasteiger partial charge in [0.05, 0.1) is 12.2 Å². The lowest BCUT2D eigenvalue weighted by Gasteiger charge is -2.61. The molecule has 2 heteroatoms. The van der Waals surface area contributed by atoms with Gasteiger partial charge in [-0.1, -0.05) is 32.9 Å². The summed E-state index contributed by atoms with van der Waals surface area (Å²) < 4.78 is 0. The molecule has 2 nitrogen and oxygen atoms in total. The number of fused-ring (bicyclic) bond motifs is 5. The number of hydrogen-bond acceptors (Lipinski definition) is 2. The molecule has 4 saturated carbocycles. The van der Waals surface area contributed by atoms with E-state index in [1.165, 1.54) is 44.9 Å². The van der Waals surface area contributed by atoms with Crippen molar-refractivity contribution in [1.82, 2.24) is 0 Å². The SMILES string of the molecule is C=C(C)[C@@H](O)CC[C@@H](C)[C@H]1CC[C@H]2[C@@H]3CCC4CC(O)CC[C@]4(C)[C@H]3CC[C@]12C. The molecule has 0 saturated heterocycles. The standard InChI is InChI=1S/C27H46O2/c1-17(2)25(29)11-6-18(3)22-9-10-23-21-8-7-19-16-20(28)12-14-26(19,4)24(21)13-15-27(22,23)5/h18-25,28-29H,1,6-16H2,2-5H3/t18-,19?,20?,21+,22-,23+,24+,25+,26+,27-/m1/s1. The fourth-order valence-corrected chi connectivity index (χ4v) is 9.08. The van der Waals surface area contributed by atoms with Gasteiger partial charge < -0.3 is 10.2 Å². The van der Waals surface area contributed by atoms with Crippen LogP contribution in [0.3, 0.4) is 0 Å². The smallest absolute Gasteiger partial charge is 0.0744 e. The van der Waals surface area contributed by atoms with Crippen molar-refractivity contribution >= 4 is 0 Å². The summed E-state index contributed by atoms with van der Waals surface area (Å²) in [6.07, 6.45) is 13.4. The molecule has 0 aliphatic heterocycles. The molecule has 0 aromatic heterocycles. The molecule has 0 bridgehead atoms. The average Bonchev–Trinajstić information content (AvgIpc) is 3.03. The molecule has 10 atom stereocenters. The van der Waals surface area contributed by atoms with E-state index in [1.54, 1.807) is 0 Å². The van der Waals surface area contributed by atoms with E-state index in [0.29, 0.717) is 16.7 Å². The van der Waals surface area contributed by atoms with Crippen LogP contribution in [0.2, 0.25) is 0 Å². The zero-order valence-corrected chi connectivity index (χ0v) is 19.5. The summed E-state index contributed by atoms with van der Waals surface area (Å²) in [5.74, 6) is 5.01. The van der Waals surface area contributed by atoms with Gasteiger partial charge in [-0.05, 0) is 124 Å². The van der Waals surface area contributed by atoms with Crippen LogP contribution < -0.4 is 0 Å². The Morgan fingerprint density at radius 3 is 2.38 bits per heavy atom. The molecule has 0 heterocycles. The zero-order chi connectivity index (χ0) is 21.0. The Morgan fingerprint density at radius 1 is 0.966 bits per heavy atom. The van der Waals surface area contributed by atoms with Gasteiger partial charge >= 0.3 is 0 Å². The molecule has 4 fully saturated rings. The van der Waals surface area contributed by atoms with Crippen LogP contribution in [-0.2, 0) is 0 Å². The number of aliphatic hydroxyl groups is 2. The molecule has 29 heavy (non-hydrogen) atoms. The van der Waals surface area contributed by atoms with Crippen LogP contribution in [0, 0.1) is 46.3 Å². The van der Waals surface area contributed by atoms with Crippen molar-refractivity contribution in [3.8, 4) is 0 Å². The van der Waals surface area contributed by atoms with Gasteiger partial charge in [-0.25, -0.2) is 0 Å². The average molecular weight is 403 g/mol. The summed E-state index contributed by atoms with van der Waals surface area (Å²) in [6, 6.07) is 0. The predicted octanol–water partition coefficient (Wildman–Crippen LogP) is 6.36. The third-order valence-electron chi connectivity index (χ3n) is 10.9. The van der Waals surface area contributed by atoms with Crippen LogP contribution in [0.4, 0.5) is 0 Å². The first-order valence-corrected chi connectivity index (χ1v) is 12.7. The second-order valence-corrected chi connectivity index (χ2v) is 12.2. The number of hydrogen-bond donors (Lipinski definition) is 2. The first-order chi connectivity index (χ1) is 13.7. The highest BCUT2D eigenvalue weighted by atomic mass is 16.3. The van der Waals surface area contributed by atoms with E-state index in [4.69, 9.17) is 0 Å². The Bertz CT molecular complexity index is 614. The van der Waals surface area contributed by atoms with E-state index in [9.17, 15) is 10.2 Å². The lowest BCUT2D eigenvalue weighted by molar-refractivity contribution is -0.129. The van der Waals surface area contributed by atoms with Gasteiger partial charge in [0.2, 0.25) is 0 Å². The lowest BCUT2D eigenvalue weighted by atomic mass is 9.44. The second-order valence-electron chi connectivity index (χ2n) is 12.2. The topological polar surface area (TPSA) is 40.5 Å². The van der Waals surface area contributed by atoms with Crippen LogP contribution in [-0.4, -0.2) is 22.4 Å². The maximum Gasteiger partial charge on any atom is 0.0744 e. The molecule has 0 aromatic carbocycles. The minimum Gasteiger partial charge on any atom is -0.393 e. The summed E-state index contributed by atoms with van der Waals surface area (Å²) >= 11 is 0. The maximum atomic E-state index is 10.2. The second kappa shape index (κ2) is 7.97. The summed E-state index contributed by atoms with van der Waals surface area (Å²) in [6.45, 7) is 13.6. The Hall–Kier alpha value is -0.340. The molecular formula is C27H46O2. The van der Waals surface area contributed by atoms with Crippen molar-refractivity contribution in [2.45, 2.75) is 111 Å². The number of aliphatic hydroxyl groups excluding tert-OH is 2. The van der Waals surface area contributed by atoms with E-state index in [-0.39, 0.29) is 12.2 Å². The lowest BCUT2D eigenvalue weighted by Crippen LogP contribution is -2.54. The van der Waals surface area contributed by atoms with E-state index in [2.05, 4.69) is 27.4 Å². The van der Waals surface area contributed by atoms with E-state index in [1.807, 2.05) is 6.92 Å². The fraction of sp³-hybridized carbons (Fsp3) is 0.926. The van der Waals surface area contributed by atoms with Crippen LogP contribution in [0.25, 0.3) is 0 Å². The third-order valence-corrected chi connectivity index (χ3v) is 10.9. The molecule has 0 amide bonds. The fourth-order valence-electron chi connectivity index (χ4n) is 9.08. The van der Waals surface area contributed by atoms with Crippen LogP contribution in [0.5, 0.6) is 0 Å². The first-order valence-electron chi connectivity index (χ1n) is 12.7. The molecule has 4 aliphatic rings. The van der Waals surface area contributed by atoms with Gasteiger partial charge in [0, 0.05) is 0 Å². The largest absolute Gasteiger partial charge is 0.393 e. The Balaban J connectivity index is 1.46. The van der Waals surface area contributed by atoms with Gasteiger partial charge in [-0.3, -0.25) is 0 Å². The minimum absolute atomic E-state index is 0.0373. The maximum absolute atomic E-state index is 10.2. The molecule has 4 aliphatic carbocycles. The molecule has 2 unspecified atom stereocenters. The normalized spacial score (nSPS) is 48.9. The third kappa shape index (κ3) is 3.65. The Labute approximate surface area is 179 Å². The molecular weight excluding hydrogens is 356 g/mol. The Morgan fingerprint density at radius 2 is 1.66 bits per heavy atom. The molecule has 0 spiro atoms. The highest BCUT2D eigenvalue weighted by Gasteiger charge is 2.60. The summed E-state index contributed by atoms with van der Waals surface area (Å²) in [5, 5.41) is 20.5. The summed E-state index contributed by atoms with van der Waals surface area (Å²) in [5.41, 5.74) is 1.90. The van der Waals surface area contributed by atoms with Crippen molar-refractivity contribution in [2.75, 3.05) is 0 Å². The molecule has 166 valence electrons. The zero-order valence-electron chi connectivity index (χ0n) is 19.5. The highest BCUT2D eigenvalue weighted by Crippen LogP contribution is 2.68. The van der Waals surface area contributed by atoms with Gasteiger partial charge in [0.25, 0.3) is 0 Å². The van der Waals surface area contributed by atoms with Crippen molar-refractivity contribution in [2.24, 2.45) is 46.3 Å². The summed E-state index contributed by atoms with van der Waals surface area (Å²) in [4.78, 5) is 0. The van der Waals surface area contributed by atoms with E-state index in [0.717, 1.165) is 60.8 Å². The minimum atomic E-state index is -0.324. The van der Waals surface area contributed by atoms with Crippen LogP contribution >= 0.6 is 0 Å². The summed E-state index contributed by atoms with van der Waals surface area (Å²) in [7, 11) is 0. The van der Waals surface area contributed by atoms with Crippen LogP contribution in [0.1, 0.15) is 98.3 Å². The van der Waals surface area contributed by atoms with Gasteiger partial charge in [-0.2, -0.15) is 0 Å². The highest BCUT2D eigenvalue weighted by molar-refractivity contribution is 5.10. The first kappa shape index (κ1) is 21.9.